The molecule has 0 saturated heterocycles. The van der Waals surface area contributed by atoms with E-state index in [1.165, 1.54) is 11.7 Å². The van der Waals surface area contributed by atoms with Gasteiger partial charge in [-0.2, -0.15) is 5.10 Å². The van der Waals surface area contributed by atoms with Crippen LogP contribution in [0.15, 0.2) is 53.5 Å². The summed E-state index contributed by atoms with van der Waals surface area (Å²) in [7, 11) is 1.51. The van der Waals surface area contributed by atoms with Gasteiger partial charge in [0.25, 0.3) is 5.91 Å². The van der Waals surface area contributed by atoms with Gasteiger partial charge in [0.2, 0.25) is 0 Å². The van der Waals surface area contributed by atoms with Crippen LogP contribution in [-0.4, -0.2) is 42.7 Å². The highest BCUT2D eigenvalue weighted by atomic mass is 16.5. The smallest absolute Gasteiger partial charge is 0.332 e. The van der Waals surface area contributed by atoms with E-state index in [4.69, 9.17) is 10.5 Å². The third-order valence-corrected chi connectivity index (χ3v) is 4.82. The molecular weight excluding hydrogens is 386 g/mol. The predicted molar refractivity (Wildman–Crippen MR) is 110 cm³/mol. The van der Waals surface area contributed by atoms with E-state index < -0.39 is 11.6 Å². The van der Waals surface area contributed by atoms with Crippen molar-refractivity contribution in [2.75, 3.05) is 7.11 Å². The van der Waals surface area contributed by atoms with E-state index in [2.05, 4.69) is 25.1 Å². The Balaban J connectivity index is 1.89. The van der Waals surface area contributed by atoms with Crippen LogP contribution in [0.5, 0.6) is 5.75 Å². The number of nitrogens with one attached hydrogen (secondary N) is 2. The van der Waals surface area contributed by atoms with Crippen LogP contribution in [0.3, 0.4) is 0 Å². The number of benzene rings is 2. The third-order valence-electron chi connectivity index (χ3n) is 4.82. The summed E-state index contributed by atoms with van der Waals surface area (Å²) in [5, 5.41) is 7.71. The van der Waals surface area contributed by atoms with E-state index in [0.29, 0.717) is 17.0 Å². The van der Waals surface area contributed by atoms with Gasteiger partial charge in [-0.05, 0) is 18.2 Å². The summed E-state index contributed by atoms with van der Waals surface area (Å²) in [6.45, 7) is 0. The van der Waals surface area contributed by atoms with Crippen LogP contribution < -0.4 is 16.2 Å². The molecule has 0 fully saturated rings. The fourth-order valence-electron chi connectivity index (χ4n) is 3.48. The number of aromatic nitrogens is 6. The second-order valence-electron chi connectivity index (χ2n) is 6.53. The molecule has 30 heavy (non-hydrogen) atoms. The fourth-order valence-corrected chi connectivity index (χ4v) is 3.48. The number of aromatic amines is 2. The third kappa shape index (κ3) is 2.54. The highest BCUT2D eigenvalue weighted by molar-refractivity contribution is 6.03. The molecule has 148 valence electrons. The minimum atomic E-state index is -0.781. The molecule has 5 aromatic rings. The molecular formula is C20H15N7O3. The van der Waals surface area contributed by atoms with Crippen molar-refractivity contribution in [2.24, 2.45) is 5.73 Å². The Bertz CT molecular complexity index is 1500. The molecule has 3 heterocycles. The molecule has 0 bridgehead atoms. The molecule has 1 amide bonds. The first-order chi connectivity index (χ1) is 14.6. The SMILES string of the molecule is COc1ccccc1-n1c(=O)[nH]c2c(C(N)=O)nc(-c3cccc4[nH]ncc34)nc21. The van der Waals surface area contributed by atoms with Gasteiger partial charge in [-0.1, -0.05) is 24.3 Å². The molecule has 5 rings (SSSR count). The van der Waals surface area contributed by atoms with Crippen LogP contribution in [0.1, 0.15) is 10.5 Å². The standard InChI is InChI=1S/C20H15N7O3/c1-30-14-8-3-2-7-13(14)27-19-16(24-20(27)29)15(17(21)28)23-18(25-19)10-5-4-6-12-11(10)9-22-26-12/h2-9H,1H3,(H2,21,28)(H,22,26)(H,24,29). The predicted octanol–water partition coefficient (Wildman–Crippen LogP) is 1.76. The number of fused-ring (bicyclic) bond motifs is 2. The number of imidazole rings is 1. The monoisotopic (exact) mass is 401 g/mol. The summed E-state index contributed by atoms with van der Waals surface area (Å²) in [4.78, 5) is 36.6. The topological polar surface area (TPSA) is 145 Å². The first-order valence-corrected chi connectivity index (χ1v) is 8.97. The van der Waals surface area contributed by atoms with E-state index in [1.54, 1.807) is 30.5 Å². The maximum Gasteiger partial charge on any atom is 0.332 e. The lowest BCUT2D eigenvalue weighted by Crippen LogP contribution is -2.16. The maximum atomic E-state index is 12.8. The van der Waals surface area contributed by atoms with E-state index in [-0.39, 0.29) is 22.7 Å². The first kappa shape index (κ1) is 17.6. The molecule has 0 radical (unpaired) electrons. The second-order valence-corrected chi connectivity index (χ2v) is 6.53. The number of nitrogens with zero attached hydrogens (tertiary/aromatic N) is 4. The minimum absolute atomic E-state index is 0.0822. The minimum Gasteiger partial charge on any atom is -0.495 e. The first-order valence-electron chi connectivity index (χ1n) is 8.97. The lowest BCUT2D eigenvalue weighted by Gasteiger charge is -2.10. The Morgan fingerprint density at radius 3 is 2.77 bits per heavy atom. The number of primary amides is 1. The van der Waals surface area contributed by atoms with Gasteiger partial charge in [0.05, 0.1) is 24.5 Å². The zero-order valence-corrected chi connectivity index (χ0v) is 15.7. The van der Waals surface area contributed by atoms with Crippen LogP contribution >= 0.6 is 0 Å². The van der Waals surface area contributed by atoms with Gasteiger partial charge in [-0.15, -0.1) is 0 Å². The Morgan fingerprint density at radius 2 is 1.97 bits per heavy atom. The Morgan fingerprint density at radius 1 is 1.13 bits per heavy atom. The zero-order chi connectivity index (χ0) is 20.8. The molecule has 0 spiro atoms. The van der Waals surface area contributed by atoms with Crippen LogP contribution in [0, 0.1) is 0 Å². The van der Waals surface area contributed by atoms with Gasteiger partial charge in [0, 0.05) is 10.9 Å². The number of ether oxygens (including phenoxy) is 1. The van der Waals surface area contributed by atoms with Crippen molar-refractivity contribution in [1.82, 2.24) is 29.7 Å². The lowest BCUT2D eigenvalue weighted by molar-refractivity contribution is 0.0997. The summed E-state index contributed by atoms with van der Waals surface area (Å²) in [6, 6.07) is 12.5. The van der Waals surface area contributed by atoms with E-state index in [1.807, 2.05) is 18.2 Å². The number of H-pyrrole nitrogens is 2. The van der Waals surface area contributed by atoms with Crippen LogP contribution in [0.4, 0.5) is 0 Å². The van der Waals surface area contributed by atoms with Gasteiger partial charge >= 0.3 is 5.69 Å². The van der Waals surface area contributed by atoms with Crippen LogP contribution in [-0.2, 0) is 0 Å². The van der Waals surface area contributed by atoms with Gasteiger partial charge in [0.1, 0.15) is 11.3 Å². The summed E-state index contributed by atoms with van der Waals surface area (Å²) in [5.74, 6) is -0.0689. The van der Waals surface area contributed by atoms with E-state index in [9.17, 15) is 9.59 Å². The van der Waals surface area contributed by atoms with Crippen LogP contribution in [0.25, 0.3) is 39.1 Å². The van der Waals surface area contributed by atoms with Crippen molar-refractivity contribution in [2.45, 2.75) is 0 Å². The number of rotatable bonds is 4. The van der Waals surface area contributed by atoms with Gasteiger partial charge in [-0.3, -0.25) is 9.89 Å². The van der Waals surface area contributed by atoms with E-state index >= 15 is 0 Å². The Kier molecular flexibility index (Phi) is 3.85. The van der Waals surface area contributed by atoms with E-state index in [0.717, 1.165) is 10.9 Å². The fraction of sp³-hybridized carbons (Fsp3) is 0.0500. The highest BCUT2D eigenvalue weighted by Gasteiger charge is 2.22. The molecule has 4 N–H and O–H groups in total. The van der Waals surface area contributed by atoms with Crippen molar-refractivity contribution in [3.05, 3.63) is 64.8 Å². The molecule has 0 unspecified atom stereocenters. The summed E-state index contributed by atoms with van der Waals surface area (Å²) in [5.41, 5.74) is 7.26. The maximum absolute atomic E-state index is 12.8. The Hall–Kier alpha value is -4.47. The van der Waals surface area contributed by atoms with Crippen molar-refractivity contribution in [3.8, 4) is 22.8 Å². The molecule has 10 heteroatoms. The molecule has 0 saturated carbocycles. The van der Waals surface area contributed by atoms with Gasteiger partial charge in [0.15, 0.2) is 17.2 Å². The number of hydrogen-bond donors (Lipinski definition) is 3. The molecule has 3 aromatic heterocycles. The van der Waals surface area contributed by atoms with Crippen LogP contribution in [0.2, 0.25) is 0 Å². The van der Waals surface area contributed by atoms with Crippen molar-refractivity contribution in [3.63, 3.8) is 0 Å². The summed E-state index contributed by atoms with van der Waals surface area (Å²) >= 11 is 0. The average Bonchev–Trinajstić information content (AvgIpc) is 3.36. The van der Waals surface area contributed by atoms with Crippen molar-refractivity contribution < 1.29 is 9.53 Å². The number of nitrogens with two attached hydrogens (primary N) is 1. The molecule has 10 nitrogen and oxygen atoms in total. The number of para-hydroxylation sites is 2. The zero-order valence-electron chi connectivity index (χ0n) is 15.7. The van der Waals surface area contributed by atoms with Gasteiger partial charge < -0.3 is 15.5 Å². The number of carbonyl (C=O) groups is 1. The normalized spacial score (nSPS) is 11.2. The quantitative estimate of drug-likeness (QED) is 0.418. The summed E-state index contributed by atoms with van der Waals surface area (Å²) in [6.07, 6.45) is 1.65. The number of methoxy groups -OCH3 is 1. The molecule has 2 aromatic carbocycles. The number of carbonyl (C=O) groups excluding carboxylic acids is 1. The molecule has 0 aliphatic carbocycles. The second kappa shape index (κ2) is 6.55. The van der Waals surface area contributed by atoms with Gasteiger partial charge in [-0.25, -0.2) is 19.3 Å². The Labute approximate surface area is 168 Å². The largest absolute Gasteiger partial charge is 0.495 e. The molecule has 0 aliphatic rings. The lowest BCUT2D eigenvalue weighted by atomic mass is 10.1. The van der Waals surface area contributed by atoms with Crippen molar-refractivity contribution in [1.29, 1.82) is 0 Å². The molecule has 0 atom stereocenters. The van der Waals surface area contributed by atoms with Crippen molar-refractivity contribution >= 4 is 28.0 Å². The molecule has 0 aliphatic heterocycles. The number of amides is 1. The average molecular weight is 401 g/mol. The summed E-state index contributed by atoms with van der Waals surface area (Å²) < 4.78 is 6.73. The number of hydrogen-bond acceptors (Lipinski definition) is 6. The highest BCUT2D eigenvalue weighted by Crippen LogP contribution is 2.29.